The van der Waals surface area contributed by atoms with E-state index in [9.17, 15) is 9.90 Å². The molecule has 174 valence electrons. The van der Waals surface area contributed by atoms with E-state index in [0.29, 0.717) is 27.7 Å². The number of aromatic nitrogens is 1. The standard InChI is InChI=1S/C28H29N3O3/c1-4-31(5-2)18-19-11-14-22(15-12-19)29-26(20-9-7-6-8-10-20)25-23-17-21(28(33)34-3)13-16-24(23)30-27(25)32/h6-17,30,32H,4-5,18H2,1-3H3. The van der Waals surface area contributed by atoms with E-state index in [-0.39, 0.29) is 5.88 Å². The molecule has 0 unspecified atom stereocenters. The molecular weight excluding hydrogens is 426 g/mol. The number of carbonyl (C=O) groups is 1. The highest BCUT2D eigenvalue weighted by Crippen LogP contribution is 2.32. The molecule has 0 atom stereocenters. The summed E-state index contributed by atoms with van der Waals surface area (Å²) in [6.45, 7) is 7.22. The second-order valence-corrected chi connectivity index (χ2v) is 8.05. The second kappa shape index (κ2) is 10.4. The first-order valence-electron chi connectivity index (χ1n) is 11.4. The first kappa shape index (κ1) is 23.3. The number of hydrogen-bond donors (Lipinski definition) is 2. The van der Waals surface area contributed by atoms with Crippen LogP contribution < -0.4 is 0 Å². The number of nitrogens with one attached hydrogen (secondary N) is 1. The summed E-state index contributed by atoms with van der Waals surface area (Å²) in [6.07, 6.45) is 0. The summed E-state index contributed by atoms with van der Waals surface area (Å²) in [5.41, 5.74) is 5.12. The highest BCUT2D eigenvalue weighted by molar-refractivity contribution is 6.22. The van der Waals surface area contributed by atoms with E-state index in [0.717, 1.165) is 30.9 Å². The average Bonchev–Trinajstić information content (AvgIpc) is 3.21. The molecule has 6 heteroatoms. The molecule has 0 aliphatic rings. The molecule has 4 rings (SSSR count). The Bertz CT molecular complexity index is 1300. The molecule has 34 heavy (non-hydrogen) atoms. The quantitative estimate of drug-likeness (QED) is 0.265. The van der Waals surface area contributed by atoms with Gasteiger partial charge in [-0.05, 0) is 49.0 Å². The first-order chi connectivity index (χ1) is 16.5. The number of H-pyrrole nitrogens is 1. The van der Waals surface area contributed by atoms with Crippen LogP contribution in [0.4, 0.5) is 5.69 Å². The lowest BCUT2D eigenvalue weighted by molar-refractivity contribution is 0.0601. The third kappa shape index (κ3) is 4.87. The lowest BCUT2D eigenvalue weighted by atomic mass is 9.99. The molecular formula is C28H29N3O3. The van der Waals surface area contributed by atoms with Crippen molar-refractivity contribution in [1.29, 1.82) is 0 Å². The van der Waals surface area contributed by atoms with Crippen molar-refractivity contribution in [2.75, 3.05) is 20.2 Å². The number of esters is 1. The summed E-state index contributed by atoms with van der Waals surface area (Å²) in [7, 11) is 1.35. The molecule has 0 fully saturated rings. The smallest absolute Gasteiger partial charge is 0.337 e. The van der Waals surface area contributed by atoms with Crippen molar-refractivity contribution in [3.05, 3.63) is 95.1 Å². The number of carbonyl (C=O) groups excluding carboxylic acids is 1. The Morgan fingerprint density at radius 2 is 1.68 bits per heavy atom. The number of aromatic amines is 1. The molecule has 0 bridgehead atoms. The lowest BCUT2D eigenvalue weighted by Crippen LogP contribution is -2.21. The van der Waals surface area contributed by atoms with Crippen molar-refractivity contribution in [1.82, 2.24) is 9.88 Å². The van der Waals surface area contributed by atoms with E-state index in [1.807, 2.05) is 42.5 Å². The maximum absolute atomic E-state index is 12.1. The number of methoxy groups -OCH3 is 1. The highest BCUT2D eigenvalue weighted by Gasteiger charge is 2.20. The van der Waals surface area contributed by atoms with Gasteiger partial charge in [0.2, 0.25) is 0 Å². The van der Waals surface area contributed by atoms with Crippen LogP contribution >= 0.6 is 0 Å². The number of rotatable bonds is 8. The van der Waals surface area contributed by atoms with E-state index < -0.39 is 5.97 Å². The minimum absolute atomic E-state index is 0.00206. The van der Waals surface area contributed by atoms with Crippen LogP contribution in [0.1, 0.15) is 40.9 Å². The van der Waals surface area contributed by atoms with E-state index in [4.69, 9.17) is 9.73 Å². The normalized spacial score (nSPS) is 11.8. The van der Waals surface area contributed by atoms with Gasteiger partial charge in [-0.1, -0.05) is 56.3 Å². The third-order valence-electron chi connectivity index (χ3n) is 5.96. The molecule has 2 N–H and O–H groups in total. The van der Waals surface area contributed by atoms with Gasteiger partial charge in [-0.25, -0.2) is 9.79 Å². The van der Waals surface area contributed by atoms with Gasteiger partial charge in [-0.3, -0.25) is 4.90 Å². The largest absolute Gasteiger partial charge is 0.494 e. The summed E-state index contributed by atoms with van der Waals surface area (Å²) >= 11 is 0. The van der Waals surface area contributed by atoms with Crippen LogP contribution in [-0.4, -0.2) is 46.9 Å². The zero-order chi connectivity index (χ0) is 24.1. The molecule has 1 aromatic heterocycles. The Morgan fingerprint density at radius 3 is 2.32 bits per heavy atom. The SMILES string of the molecule is CCN(CC)Cc1ccc(N=C(c2ccccc2)c2c(O)[nH]c3ccc(C(=O)OC)cc23)cc1. The van der Waals surface area contributed by atoms with Crippen LogP contribution in [0.3, 0.4) is 0 Å². The summed E-state index contributed by atoms with van der Waals surface area (Å²) in [4.78, 5) is 22.4. The molecule has 6 nitrogen and oxygen atoms in total. The first-order valence-corrected chi connectivity index (χ1v) is 11.4. The molecule has 0 saturated heterocycles. The number of ether oxygens (including phenoxy) is 1. The van der Waals surface area contributed by atoms with Crippen molar-refractivity contribution >= 4 is 28.3 Å². The van der Waals surface area contributed by atoms with Crippen LogP contribution in [-0.2, 0) is 11.3 Å². The minimum atomic E-state index is -0.435. The van der Waals surface area contributed by atoms with Gasteiger partial charge < -0.3 is 14.8 Å². The number of aliphatic imine (C=N–C) groups is 1. The maximum atomic E-state index is 12.1. The van der Waals surface area contributed by atoms with Crippen molar-refractivity contribution in [2.24, 2.45) is 4.99 Å². The number of hydrogen-bond acceptors (Lipinski definition) is 5. The molecule has 0 amide bonds. The predicted octanol–water partition coefficient (Wildman–Crippen LogP) is 5.67. The van der Waals surface area contributed by atoms with Crippen molar-refractivity contribution in [3.63, 3.8) is 0 Å². The van der Waals surface area contributed by atoms with Crippen molar-refractivity contribution < 1.29 is 14.6 Å². The minimum Gasteiger partial charge on any atom is -0.494 e. The Balaban J connectivity index is 1.82. The third-order valence-corrected chi connectivity index (χ3v) is 5.96. The van der Waals surface area contributed by atoms with Crippen molar-refractivity contribution in [2.45, 2.75) is 20.4 Å². The topological polar surface area (TPSA) is 77.9 Å². The summed E-state index contributed by atoms with van der Waals surface area (Å²) in [5, 5.41) is 11.6. The zero-order valence-electron chi connectivity index (χ0n) is 19.7. The van der Waals surface area contributed by atoms with E-state index in [2.05, 4.69) is 35.9 Å². The monoisotopic (exact) mass is 455 g/mol. The molecule has 0 spiro atoms. The van der Waals surface area contributed by atoms with Gasteiger partial charge in [-0.2, -0.15) is 0 Å². The van der Waals surface area contributed by atoms with Crippen LogP contribution in [0.15, 0.2) is 77.8 Å². The average molecular weight is 456 g/mol. The van der Waals surface area contributed by atoms with Gasteiger partial charge in [0.1, 0.15) is 0 Å². The molecule has 3 aromatic carbocycles. The van der Waals surface area contributed by atoms with Crippen LogP contribution in [0.25, 0.3) is 10.9 Å². The Hall–Kier alpha value is -3.90. The van der Waals surface area contributed by atoms with Crippen LogP contribution in [0.2, 0.25) is 0 Å². The molecule has 0 saturated carbocycles. The fourth-order valence-corrected chi connectivity index (χ4v) is 4.03. The summed E-state index contributed by atoms with van der Waals surface area (Å²) in [5.74, 6) is -0.437. The zero-order valence-corrected chi connectivity index (χ0v) is 19.7. The molecule has 0 radical (unpaired) electrons. The molecule has 0 aliphatic heterocycles. The fourth-order valence-electron chi connectivity index (χ4n) is 4.03. The molecule has 4 aromatic rings. The van der Waals surface area contributed by atoms with Gasteiger partial charge in [0.05, 0.1) is 29.6 Å². The molecule has 0 aliphatic carbocycles. The lowest BCUT2D eigenvalue weighted by Gasteiger charge is -2.17. The number of benzene rings is 3. The number of fused-ring (bicyclic) bond motifs is 1. The maximum Gasteiger partial charge on any atom is 0.337 e. The van der Waals surface area contributed by atoms with Gasteiger partial charge >= 0.3 is 5.97 Å². The Kier molecular flexibility index (Phi) is 7.09. The summed E-state index contributed by atoms with van der Waals surface area (Å²) < 4.78 is 4.88. The number of aromatic hydroxyl groups is 1. The van der Waals surface area contributed by atoms with E-state index in [1.165, 1.54) is 12.7 Å². The van der Waals surface area contributed by atoms with Crippen molar-refractivity contribution in [3.8, 4) is 5.88 Å². The van der Waals surface area contributed by atoms with Gasteiger partial charge in [0.25, 0.3) is 0 Å². The Morgan fingerprint density at radius 1 is 0.971 bits per heavy atom. The highest BCUT2D eigenvalue weighted by atomic mass is 16.5. The molecule has 1 heterocycles. The van der Waals surface area contributed by atoms with Crippen LogP contribution in [0.5, 0.6) is 5.88 Å². The van der Waals surface area contributed by atoms with E-state index >= 15 is 0 Å². The van der Waals surface area contributed by atoms with Gasteiger partial charge in [0.15, 0.2) is 5.88 Å². The van der Waals surface area contributed by atoms with Gasteiger partial charge in [0, 0.05) is 23.0 Å². The second-order valence-electron chi connectivity index (χ2n) is 8.05. The fraction of sp³-hybridized carbons (Fsp3) is 0.214. The van der Waals surface area contributed by atoms with Crippen LogP contribution in [0, 0.1) is 0 Å². The predicted molar refractivity (Wildman–Crippen MR) is 136 cm³/mol. The Labute approximate surface area is 199 Å². The van der Waals surface area contributed by atoms with E-state index in [1.54, 1.807) is 18.2 Å². The van der Waals surface area contributed by atoms with Gasteiger partial charge in [-0.15, -0.1) is 0 Å². The summed E-state index contributed by atoms with van der Waals surface area (Å²) in [6, 6.07) is 23.0. The number of nitrogens with zero attached hydrogens (tertiary/aromatic N) is 2.